The molecule has 7 nitrogen and oxygen atoms in total. The zero-order valence-electron chi connectivity index (χ0n) is 14.3. The van der Waals surface area contributed by atoms with Crippen LogP contribution < -0.4 is 9.47 Å². The predicted octanol–water partition coefficient (Wildman–Crippen LogP) is 2.00. The van der Waals surface area contributed by atoms with Gasteiger partial charge in [-0.1, -0.05) is 18.2 Å². The number of ether oxygens (including phenoxy) is 2. The van der Waals surface area contributed by atoms with E-state index in [9.17, 15) is 12.8 Å². The number of rotatable bonds is 6. The number of hydrogen-bond donors (Lipinski definition) is 0. The van der Waals surface area contributed by atoms with E-state index in [1.165, 1.54) is 42.0 Å². The molecule has 1 atom stereocenters. The fourth-order valence-electron chi connectivity index (χ4n) is 2.81. The normalized spacial score (nSPS) is 18.5. The summed E-state index contributed by atoms with van der Waals surface area (Å²) in [6.45, 7) is 0.579. The lowest BCUT2D eigenvalue weighted by Crippen LogP contribution is -2.44. The van der Waals surface area contributed by atoms with Crippen molar-refractivity contribution in [2.45, 2.75) is 24.7 Å². The number of methoxy groups -OCH3 is 1. The quantitative estimate of drug-likeness (QED) is 0.761. The molecule has 26 heavy (non-hydrogen) atoms. The Hall–Kier alpha value is -2.26. The van der Waals surface area contributed by atoms with Gasteiger partial charge in [-0.25, -0.2) is 12.8 Å². The molecule has 0 saturated carbocycles. The number of sulfonamides is 1. The Kier molecular flexibility index (Phi) is 5.67. The molecule has 140 valence electrons. The van der Waals surface area contributed by atoms with Crippen molar-refractivity contribution >= 4 is 10.0 Å². The highest BCUT2D eigenvalue weighted by molar-refractivity contribution is 7.88. The van der Waals surface area contributed by atoms with Crippen molar-refractivity contribution in [3.8, 4) is 11.8 Å². The van der Waals surface area contributed by atoms with E-state index in [2.05, 4.69) is 9.97 Å². The fraction of sp³-hybridized carbons (Fsp3) is 0.412. The summed E-state index contributed by atoms with van der Waals surface area (Å²) in [5, 5.41) is 0. The van der Waals surface area contributed by atoms with E-state index in [0.29, 0.717) is 25.3 Å². The number of benzene rings is 1. The fourth-order valence-corrected chi connectivity index (χ4v) is 4.42. The molecule has 0 bridgehead atoms. The Labute approximate surface area is 151 Å². The van der Waals surface area contributed by atoms with Crippen molar-refractivity contribution in [3.63, 3.8) is 0 Å². The summed E-state index contributed by atoms with van der Waals surface area (Å²) >= 11 is 0. The highest BCUT2D eigenvalue weighted by Gasteiger charge is 2.31. The van der Waals surface area contributed by atoms with Crippen LogP contribution in [-0.2, 0) is 15.8 Å². The first-order valence-corrected chi connectivity index (χ1v) is 9.83. The van der Waals surface area contributed by atoms with Gasteiger partial charge in [0.15, 0.2) is 0 Å². The Balaban J connectivity index is 1.68. The van der Waals surface area contributed by atoms with Crippen LogP contribution >= 0.6 is 0 Å². The molecular formula is C17H20FN3O4S. The Morgan fingerprint density at radius 3 is 2.81 bits per heavy atom. The van der Waals surface area contributed by atoms with E-state index >= 15 is 0 Å². The van der Waals surface area contributed by atoms with Gasteiger partial charge in [0.1, 0.15) is 11.9 Å². The lowest BCUT2D eigenvalue weighted by atomic mass is 10.1. The first-order valence-electron chi connectivity index (χ1n) is 8.22. The molecule has 1 aromatic carbocycles. The molecule has 1 aliphatic heterocycles. The van der Waals surface area contributed by atoms with Crippen LogP contribution in [0.25, 0.3) is 0 Å². The van der Waals surface area contributed by atoms with Crippen LogP contribution in [0.4, 0.5) is 4.39 Å². The molecule has 0 radical (unpaired) electrons. The first-order chi connectivity index (χ1) is 12.5. The van der Waals surface area contributed by atoms with Gasteiger partial charge < -0.3 is 9.47 Å². The van der Waals surface area contributed by atoms with Gasteiger partial charge in [-0.15, -0.1) is 0 Å². The summed E-state index contributed by atoms with van der Waals surface area (Å²) in [6.07, 6.45) is 3.91. The maximum atomic E-state index is 13.8. The molecule has 0 N–H and O–H groups in total. The van der Waals surface area contributed by atoms with E-state index in [4.69, 9.17) is 9.47 Å². The number of halogens is 1. The minimum atomic E-state index is -3.64. The average molecular weight is 381 g/mol. The van der Waals surface area contributed by atoms with Crippen LogP contribution in [0.5, 0.6) is 11.8 Å². The second-order valence-electron chi connectivity index (χ2n) is 5.99. The molecule has 2 heterocycles. The predicted molar refractivity (Wildman–Crippen MR) is 92.8 cm³/mol. The minimum Gasteiger partial charge on any atom is -0.480 e. The summed E-state index contributed by atoms with van der Waals surface area (Å²) in [4.78, 5) is 8.10. The van der Waals surface area contributed by atoms with Gasteiger partial charge in [-0.2, -0.15) is 9.29 Å². The molecule has 1 fully saturated rings. The number of hydrogen-bond acceptors (Lipinski definition) is 6. The number of piperidine rings is 1. The van der Waals surface area contributed by atoms with Gasteiger partial charge in [0.2, 0.25) is 21.8 Å². The van der Waals surface area contributed by atoms with E-state index in [1.54, 1.807) is 6.07 Å². The molecule has 1 saturated heterocycles. The van der Waals surface area contributed by atoms with Gasteiger partial charge in [0.05, 0.1) is 31.8 Å². The van der Waals surface area contributed by atoms with Crippen molar-refractivity contribution in [1.82, 2.24) is 14.3 Å². The van der Waals surface area contributed by atoms with Gasteiger partial charge in [-0.3, -0.25) is 4.98 Å². The zero-order chi connectivity index (χ0) is 18.6. The van der Waals surface area contributed by atoms with Crippen LogP contribution in [-0.4, -0.2) is 49.0 Å². The smallest absolute Gasteiger partial charge is 0.235 e. The molecule has 0 amide bonds. The molecule has 0 aliphatic carbocycles. The van der Waals surface area contributed by atoms with Gasteiger partial charge in [-0.05, 0) is 18.9 Å². The molecule has 1 unspecified atom stereocenters. The lowest BCUT2D eigenvalue weighted by molar-refractivity contribution is 0.123. The molecule has 3 rings (SSSR count). The lowest BCUT2D eigenvalue weighted by Gasteiger charge is -2.31. The zero-order valence-corrected chi connectivity index (χ0v) is 15.2. The molecule has 0 spiro atoms. The van der Waals surface area contributed by atoms with Crippen LogP contribution in [0.15, 0.2) is 36.7 Å². The van der Waals surface area contributed by atoms with Crippen molar-refractivity contribution < 1.29 is 22.3 Å². The van der Waals surface area contributed by atoms with Crippen LogP contribution in [0.2, 0.25) is 0 Å². The standard InChI is InChI=1S/C17H20FN3O4S/c1-24-16-9-19-10-17(20-16)25-14-6-4-8-21(11-14)26(22,23)12-13-5-2-3-7-15(13)18/h2-3,5,7,9-10,14H,4,6,8,11-12H2,1H3. The van der Waals surface area contributed by atoms with E-state index in [1.807, 2.05) is 0 Å². The first kappa shape index (κ1) is 18.5. The highest BCUT2D eigenvalue weighted by Crippen LogP contribution is 2.22. The van der Waals surface area contributed by atoms with Gasteiger partial charge >= 0.3 is 0 Å². The van der Waals surface area contributed by atoms with E-state index < -0.39 is 15.8 Å². The van der Waals surface area contributed by atoms with Crippen molar-refractivity contribution in [3.05, 3.63) is 48.0 Å². The Morgan fingerprint density at radius 1 is 1.27 bits per heavy atom. The van der Waals surface area contributed by atoms with Crippen LogP contribution in [0.3, 0.4) is 0 Å². The van der Waals surface area contributed by atoms with Crippen molar-refractivity contribution in [1.29, 1.82) is 0 Å². The van der Waals surface area contributed by atoms with Crippen molar-refractivity contribution in [2.75, 3.05) is 20.2 Å². The molecule has 2 aromatic rings. The Bertz CT molecular complexity index is 863. The third kappa shape index (κ3) is 4.47. The monoisotopic (exact) mass is 381 g/mol. The second-order valence-corrected chi connectivity index (χ2v) is 7.96. The van der Waals surface area contributed by atoms with Crippen molar-refractivity contribution in [2.24, 2.45) is 0 Å². The molecule has 1 aliphatic rings. The number of aromatic nitrogens is 2. The molecular weight excluding hydrogens is 361 g/mol. The van der Waals surface area contributed by atoms with Crippen LogP contribution in [0, 0.1) is 5.82 Å². The van der Waals surface area contributed by atoms with Crippen LogP contribution in [0.1, 0.15) is 18.4 Å². The number of nitrogens with zero attached hydrogens (tertiary/aromatic N) is 3. The summed E-state index contributed by atoms with van der Waals surface area (Å²) in [7, 11) is -2.17. The topological polar surface area (TPSA) is 81.6 Å². The minimum absolute atomic E-state index is 0.161. The maximum absolute atomic E-state index is 13.8. The van der Waals surface area contributed by atoms with Gasteiger partial charge in [0, 0.05) is 12.1 Å². The molecule has 1 aromatic heterocycles. The summed E-state index contributed by atoms with van der Waals surface area (Å²) in [5.41, 5.74) is 0.161. The maximum Gasteiger partial charge on any atom is 0.235 e. The highest BCUT2D eigenvalue weighted by atomic mass is 32.2. The average Bonchev–Trinajstić information content (AvgIpc) is 2.64. The third-order valence-electron chi connectivity index (χ3n) is 4.12. The third-order valence-corrected chi connectivity index (χ3v) is 5.91. The summed E-state index contributed by atoms with van der Waals surface area (Å²) in [6, 6.07) is 5.90. The summed E-state index contributed by atoms with van der Waals surface area (Å²) in [5.74, 6) is -0.289. The van der Waals surface area contributed by atoms with E-state index in [0.717, 1.165) is 0 Å². The largest absolute Gasteiger partial charge is 0.480 e. The SMILES string of the molecule is COc1cncc(OC2CCCN(S(=O)(=O)Cc3ccccc3F)C2)n1. The molecule has 9 heteroatoms. The summed E-state index contributed by atoms with van der Waals surface area (Å²) < 4.78 is 51.2. The van der Waals surface area contributed by atoms with Gasteiger partial charge in [0.25, 0.3) is 0 Å². The second kappa shape index (κ2) is 7.96. The van der Waals surface area contributed by atoms with E-state index in [-0.39, 0.29) is 29.8 Å². The Morgan fingerprint density at radius 2 is 2.04 bits per heavy atom.